The Morgan fingerprint density at radius 2 is 1.48 bits per heavy atom. The third-order valence-corrected chi connectivity index (χ3v) is 7.04. The van der Waals surface area contributed by atoms with E-state index in [0.29, 0.717) is 5.82 Å². The normalized spacial score (nSPS) is 11.0. The van der Waals surface area contributed by atoms with E-state index in [1.807, 2.05) is 24.5 Å². The van der Waals surface area contributed by atoms with Gasteiger partial charge in [0.2, 0.25) is 0 Å². The number of nitrogen functional groups attached to an aromatic ring is 1. The van der Waals surface area contributed by atoms with Gasteiger partial charge in [0.25, 0.3) is 0 Å². The predicted octanol–water partition coefficient (Wildman–Crippen LogP) is 7.18. The maximum atomic E-state index is 6.17. The fraction of sp³-hybridized carbons (Fsp3) is 0.265. The van der Waals surface area contributed by atoms with Crippen LogP contribution < -0.4 is 5.73 Å². The number of hydrogen-bond donors (Lipinski definition) is 1. The fourth-order valence-corrected chi connectivity index (χ4v) is 4.91. The summed E-state index contributed by atoms with van der Waals surface area (Å²) in [6, 6.07) is 26.2. The van der Waals surface area contributed by atoms with Gasteiger partial charge in [-0.1, -0.05) is 73.3 Å². The van der Waals surface area contributed by atoms with E-state index in [-0.39, 0.29) is 0 Å². The van der Waals surface area contributed by atoms with Gasteiger partial charge in [0, 0.05) is 18.1 Å². The minimum atomic E-state index is 0.501. The van der Waals surface area contributed by atoms with E-state index in [1.54, 1.807) is 0 Å². The van der Waals surface area contributed by atoms with Crippen molar-refractivity contribution >= 4 is 34.5 Å². The van der Waals surface area contributed by atoms with Gasteiger partial charge >= 0.3 is 0 Å². The van der Waals surface area contributed by atoms with Gasteiger partial charge < -0.3 is 15.2 Å². The van der Waals surface area contributed by atoms with Crippen molar-refractivity contribution in [3.8, 4) is 11.1 Å². The Labute approximate surface area is 237 Å². The number of nitrogens with two attached hydrogens (primary N) is 1. The number of aryl methyl sites for hydroxylation is 3. The molecule has 0 bridgehead atoms. The first-order valence-corrected chi connectivity index (χ1v) is 13.9. The van der Waals surface area contributed by atoms with Crippen molar-refractivity contribution in [3.63, 3.8) is 0 Å². The maximum absolute atomic E-state index is 6.17. The van der Waals surface area contributed by atoms with Crippen LogP contribution in [-0.4, -0.2) is 46.8 Å². The first-order chi connectivity index (χ1) is 19.5. The molecule has 0 aliphatic carbocycles. The molecule has 0 aliphatic heterocycles. The molecule has 40 heavy (non-hydrogen) atoms. The summed E-state index contributed by atoms with van der Waals surface area (Å²) in [6.45, 7) is 8.41. The van der Waals surface area contributed by atoms with Gasteiger partial charge in [-0.25, -0.2) is 9.97 Å². The maximum Gasteiger partial charge on any atom is 0.152 e. The number of rotatable bonds is 11. The van der Waals surface area contributed by atoms with Crippen molar-refractivity contribution in [3.05, 3.63) is 103 Å². The number of para-hydroxylation sites is 1. The molecule has 6 heteroatoms. The Bertz CT molecular complexity index is 1530. The molecule has 0 spiro atoms. The average Bonchev–Trinajstić information content (AvgIpc) is 3.41. The second kappa shape index (κ2) is 14.2. The number of aliphatic imine (C=N–C) groups is 1. The number of fused-ring (bicyclic) bond motifs is 3. The SMILES string of the molecule is C=CN=C.CN(C)CCCc1ccc(-c2ccc(CCCCn3cnc4c(N)nc5ccccc5c43)cc2)cc1. The summed E-state index contributed by atoms with van der Waals surface area (Å²) in [4.78, 5) is 14.5. The molecule has 5 rings (SSSR count). The summed E-state index contributed by atoms with van der Waals surface area (Å²) in [5, 5.41) is 1.11. The molecule has 2 heterocycles. The number of hydrogen-bond acceptors (Lipinski definition) is 5. The van der Waals surface area contributed by atoms with Crippen LogP contribution in [0.1, 0.15) is 30.4 Å². The zero-order valence-corrected chi connectivity index (χ0v) is 23.8. The van der Waals surface area contributed by atoms with Gasteiger partial charge in [-0.3, -0.25) is 4.99 Å². The standard InChI is InChI=1S/C31H35N5.C3H5N/c1-35(2)20-7-9-24-14-18-26(19-15-24)25-16-12-23(13-17-25)8-5-6-21-36-22-33-29-30(36)27-10-3-4-11-28(27)34-31(29)32;1-3-4-2/h3-4,10-19,22H,5-9,20-21H2,1-2H3,(H2,32,34);3H,1-2H2. The minimum absolute atomic E-state index is 0.501. The van der Waals surface area contributed by atoms with Crippen LogP contribution in [0.15, 0.2) is 96.9 Å². The van der Waals surface area contributed by atoms with Crippen LogP contribution in [0, 0.1) is 0 Å². The quantitative estimate of drug-likeness (QED) is 0.144. The summed E-state index contributed by atoms with van der Waals surface area (Å²) in [5.41, 5.74) is 14.3. The van der Waals surface area contributed by atoms with Crippen molar-refractivity contribution in [2.45, 2.75) is 38.6 Å². The van der Waals surface area contributed by atoms with Crippen LogP contribution in [0.5, 0.6) is 0 Å². The van der Waals surface area contributed by atoms with Gasteiger partial charge in [-0.15, -0.1) is 0 Å². The Kier molecular flexibility index (Phi) is 10.2. The Morgan fingerprint density at radius 3 is 2.08 bits per heavy atom. The average molecular weight is 533 g/mol. The number of aromatic nitrogens is 3. The monoisotopic (exact) mass is 532 g/mol. The number of unbranched alkanes of at least 4 members (excludes halogenated alkanes) is 1. The summed E-state index contributed by atoms with van der Waals surface area (Å²) in [5.74, 6) is 0.501. The van der Waals surface area contributed by atoms with Crippen molar-refractivity contribution in [2.24, 2.45) is 4.99 Å². The largest absolute Gasteiger partial charge is 0.382 e. The molecule has 2 aromatic heterocycles. The second-order valence-electron chi connectivity index (χ2n) is 10.3. The highest BCUT2D eigenvalue weighted by molar-refractivity contribution is 6.06. The highest BCUT2D eigenvalue weighted by Gasteiger charge is 2.11. The zero-order chi connectivity index (χ0) is 28.3. The van der Waals surface area contributed by atoms with Crippen LogP contribution in [0.2, 0.25) is 0 Å². The van der Waals surface area contributed by atoms with Gasteiger partial charge in [0.1, 0.15) is 5.52 Å². The molecule has 0 saturated carbocycles. The third-order valence-electron chi connectivity index (χ3n) is 7.04. The Hall–Kier alpha value is -4.29. The van der Waals surface area contributed by atoms with Gasteiger partial charge in [-0.2, -0.15) is 0 Å². The molecule has 3 aromatic carbocycles. The highest BCUT2D eigenvalue weighted by atomic mass is 15.1. The molecule has 0 saturated heterocycles. The van der Waals surface area contributed by atoms with Crippen molar-refractivity contribution in [1.29, 1.82) is 0 Å². The highest BCUT2D eigenvalue weighted by Crippen LogP contribution is 2.27. The number of nitrogens with zero attached hydrogens (tertiary/aromatic N) is 5. The molecular formula is C34H40N6. The topological polar surface area (TPSA) is 72.3 Å². The summed E-state index contributed by atoms with van der Waals surface area (Å²) >= 11 is 0. The first-order valence-electron chi connectivity index (χ1n) is 13.9. The molecule has 206 valence electrons. The molecule has 6 nitrogen and oxygen atoms in total. The lowest BCUT2D eigenvalue weighted by molar-refractivity contribution is 0.400. The molecule has 0 radical (unpaired) electrons. The van der Waals surface area contributed by atoms with Gasteiger partial charge in [0.05, 0.1) is 17.4 Å². The Morgan fingerprint density at radius 1 is 0.875 bits per heavy atom. The lowest BCUT2D eigenvalue weighted by Gasteiger charge is -2.10. The van der Waals surface area contributed by atoms with E-state index in [4.69, 9.17) is 5.73 Å². The van der Waals surface area contributed by atoms with Crippen LogP contribution in [0.3, 0.4) is 0 Å². The number of benzene rings is 3. The molecule has 0 atom stereocenters. The molecular weight excluding hydrogens is 492 g/mol. The van der Waals surface area contributed by atoms with Crippen molar-refractivity contribution < 1.29 is 0 Å². The summed E-state index contributed by atoms with van der Waals surface area (Å²) in [6.07, 6.45) is 8.89. The number of imidazole rings is 1. The molecule has 0 amide bonds. The van der Waals surface area contributed by atoms with E-state index in [2.05, 4.69) is 106 Å². The Balaban J connectivity index is 0.000000867. The summed E-state index contributed by atoms with van der Waals surface area (Å²) in [7, 11) is 4.26. The van der Waals surface area contributed by atoms with Crippen LogP contribution in [0.4, 0.5) is 5.82 Å². The van der Waals surface area contributed by atoms with E-state index >= 15 is 0 Å². The molecule has 0 fully saturated rings. The first kappa shape index (κ1) is 28.7. The van der Waals surface area contributed by atoms with E-state index in [1.165, 1.54) is 34.9 Å². The smallest absolute Gasteiger partial charge is 0.152 e. The number of anilines is 1. The fourth-order valence-electron chi connectivity index (χ4n) is 4.91. The molecule has 0 aliphatic rings. The van der Waals surface area contributed by atoms with Gasteiger partial charge in [-0.05, 0) is 87.8 Å². The minimum Gasteiger partial charge on any atom is -0.382 e. The molecule has 0 unspecified atom stereocenters. The third kappa shape index (κ3) is 7.42. The van der Waals surface area contributed by atoms with Crippen molar-refractivity contribution in [1.82, 2.24) is 19.4 Å². The predicted molar refractivity (Wildman–Crippen MR) is 171 cm³/mol. The van der Waals surface area contributed by atoms with E-state index < -0.39 is 0 Å². The lowest BCUT2D eigenvalue weighted by Crippen LogP contribution is -2.13. The van der Waals surface area contributed by atoms with Crippen LogP contribution in [-0.2, 0) is 19.4 Å². The van der Waals surface area contributed by atoms with Crippen LogP contribution >= 0.6 is 0 Å². The van der Waals surface area contributed by atoms with Crippen molar-refractivity contribution in [2.75, 3.05) is 26.4 Å². The number of pyridine rings is 1. The molecule has 5 aromatic rings. The van der Waals surface area contributed by atoms with Gasteiger partial charge in [0.15, 0.2) is 5.82 Å². The lowest BCUT2D eigenvalue weighted by atomic mass is 9.99. The molecule has 2 N–H and O–H groups in total. The van der Waals surface area contributed by atoms with E-state index in [0.717, 1.165) is 60.7 Å². The zero-order valence-electron chi connectivity index (χ0n) is 23.8. The van der Waals surface area contributed by atoms with Crippen LogP contribution in [0.25, 0.3) is 33.1 Å². The second-order valence-corrected chi connectivity index (χ2v) is 10.3. The summed E-state index contributed by atoms with van der Waals surface area (Å²) < 4.78 is 2.23. The van der Waals surface area contributed by atoms with E-state index in [9.17, 15) is 0 Å².